The number of benzene rings is 2. The third-order valence-electron chi connectivity index (χ3n) is 4.09. The topological polar surface area (TPSA) is 89.5 Å². The average Bonchev–Trinajstić information content (AvgIpc) is 2.74. The molecule has 0 aliphatic heterocycles. The highest BCUT2D eigenvalue weighted by molar-refractivity contribution is 5.95. The van der Waals surface area contributed by atoms with Crippen LogP contribution in [-0.4, -0.2) is 56.8 Å². The van der Waals surface area contributed by atoms with Crippen LogP contribution in [-0.2, 0) is 4.79 Å². The summed E-state index contributed by atoms with van der Waals surface area (Å²) in [6, 6.07) is 11.9. The molecule has 2 aromatic rings. The molecule has 8 heteroatoms. The first-order valence-electron chi connectivity index (χ1n) is 9.47. The molecule has 2 rings (SSSR count). The fourth-order valence-electron chi connectivity index (χ4n) is 2.55. The molecule has 2 aromatic carbocycles. The number of carbonyl (C=O) groups excluding carboxylic acids is 2. The minimum atomic E-state index is -0.650. The van der Waals surface area contributed by atoms with Gasteiger partial charge in [0.05, 0.1) is 19.9 Å². The van der Waals surface area contributed by atoms with Gasteiger partial charge in [0.25, 0.3) is 11.8 Å². The molecule has 0 aliphatic carbocycles. The summed E-state index contributed by atoms with van der Waals surface area (Å²) in [7, 11) is 4.91. The summed E-state index contributed by atoms with van der Waals surface area (Å²) in [5, 5.41) is 3.99. The van der Waals surface area contributed by atoms with Crippen LogP contribution in [0, 0.1) is 0 Å². The molecule has 1 N–H and O–H groups in total. The SMILES string of the molecule is CCOc1cc(/C=N\NC(=O)c2ccc(OC)cc2)ccc1O[C@H](C)C(=O)N(C)C. The van der Waals surface area contributed by atoms with E-state index in [-0.39, 0.29) is 11.8 Å². The van der Waals surface area contributed by atoms with Crippen LogP contribution >= 0.6 is 0 Å². The lowest BCUT2D eigenvalue weighted by Crippen LogP contribution is -2.35. The maximum absolute atomic E-state index is 12.2. The molecule has 0 unspecified atom stereocenters. The lowest BCUT2D eigenvalue weighted by molar-refractivity contribution is -0.135. The molecule has 0 saturated heterocycles. The van der Waals surface area contributed by atoms with Crippen LogP contribution in [0.2, 0.25) is 0 Å². The fraction of sp³-hybridized carbons (Fsp3) is 0.318. The largest absolute Gasteiger partial charge is 0.497 e. The molecule has 0 spiro atoms. The number of hydrogen-bond acceptors (Lipinski definition) is 6. The Hall–Kier alpha value is -3.55. The second-order valence-corrected chi connectivity index (χ2v) is 6.56. The standard InChI is InChI=1S/C22H27N3O5/c1-6-29-20-13-16(7-12-19(20)30-15(2)22(27)25(3)4)14-23-24-21(26)17-8-10-18(28-5)11-9-17/h7-15H,6H2,1-5H3,(H,24,26)/b23-14-/t15-/m1/s1. The zero-order valence-corrected chi connectivity index (χ0v) is 17.8. The first-order chi connectivity index (χ1) is 14.3. The molecule has 0 aliphatic rings. The number of nitrogens with zero attached hydrogens (tertiary/aromatic N) is 2. The molecule has 160 valence electrons. The summed E-state index contributed by atoms with van der Waals surface area (Å²) in [5.74, 6) is 1.13. The van der Waals surface area contributed by atoms with Crippen molar-refractivity contribution in [2.45, 2.75) is 20.0 Å². The first kappa shape index (κ1) is 22.7. The van der Waals surface area contributed by atoms with Crippen LogP contribution < -0.4 is 19.6 Å². The van der Waals surface area contributed by atoms with Crippen molar-refractivity contribution in [1.82, 2.24) is 10.3 Å². The zero-order chi connectivity index (χ0) is 22.1. The van der Waals surface area contributed by atoms with E-state index in [4.69, 9.17) is 14.2 Å². The molecule has 0 fully saturated rings. The van der Waals surface area contributed by atoms with Gasteiger partial charge in [0.15, 0.2) is 17.6 Å². The van der Waals surface area contributed by atoms with Gasteiger partial charge in [-0.1, -0.05) is 0 Å². The number of hydrogen-bond donors (Lipinski definition) is 1. The van der Waals surface area contributed by atoms with Gasteiger partial charge in [0.2, 0.25) is 0 Å². The van der Waals surface area contributed by atoms with Crippen molar-refractivity contribution < 1.29 is 23.8 Å². The van der Waals surface area contributed by atoms with Crippen LogP contribution in [0.3, 0.4) is 0 Å². The van der Waals surface area contributed by atoms with E-state index < -0.39 is 6.10 Å². The van der Waals surface area contributed by atoms with Crippen molar-refractivity contribution in [1.29, 1.82) is 0 Å². The van der Waals surface area contributed by atoms with Crippen LogP contribution in [0.25, 0.3) is 0 Å². The Morgan fingerprint density at radius 1 is 1.13 bits per heavy atom. The van der Waals surface area contributed by atoms with Gasteiger partial charge in [-0.05, 0) is 61.9 Å². The molecule has 0 bridgehead atoms. The maximum Gasteiger partial charge on any atom is 0.271 e. The van der Waals surface area contributed by atoms with Crippen molar-refractivity contribution >= 4 is 18.0 Å². The Kier molecular flexibility index (Phi) is 8.22. The third kappa shape index (κ3) is 6.23. The minimum absolute atomic E-state index is 0.149. The number of rotatable bonds is 9. The van der Waals surface area contributed by atoms with Crippen LogP contribution in [0.15, 0.2) is 47.6 Å². The highest BCUT2D eigenvalue weighted by Gasteiger charge is 2.18. The lowest BCUT2D eigenvalue weighted by Gasteiger charge is -2.20. The molecule has 0 radical (unpaired) electrons. The molecule has 8 nitrogen and oxygen atoms in total. The number of hydrazone groups is 1. The third-order valence-corrected chi connectivity index (χ3v) is 4.09. The Morgan fingerprint density at radius 3 is 2.43 bits per heavy atom. The Labute approximate surface area is 176 Å². The Bertz CT molecular complexity index is 894. The van der Waals surface area contributed by atoms with Crippen molar-refractivity contribution in [2.24, 2.45) is 5.10 Å². The summed E-state index contributed by atoms with van der Waals surface area (Å²) >= 11 is 0. The Morgan fingerprint density at radius 2 is 1.83 bits per heavy atom. The predicted octanol–water partition coefficient (Wildman–Crippen LogP) is 2.71. The van der Waals surface area contributed by atoms with Gasteiger partial charge >= 0.3 is 0 Å². The second kappa shape index (κ2) is 10.8. The van der Waals surface area contributed by atoms with Gasteiger partial charge in [0, 0.05) is 19.7 Å². The Balaban J connectivity index is 2.07. The van der Waals surface area contributed by atoms with E-state index in [1.165, 1.54) is 11.1 Å². The first-order valence-corrected chi connectivity index (χ1v) is 9.47. The van der Waals surface area contributed by atoms with Gasteiger partial charge in [-0.25, -0.2) is 5.43 Å². The molecule has 30 heavy (non-hydrogen) atoms. The lowest BCUT2D eigenvalue weighted by atomic mass is 10.2. The van der Waals surface area contributed by atoms with E-state index in [1.54, 1.807) is 70.6 Å². The number of carbonyl (C=O) groups is 2. The van der Waals surface area contributed by atoms with Crippen molar-refractivity contribution in [3.8, 4) is 17.2 Å². The average molecular weight is 413 g/mol. The number of ether oxygens (including phenoxy) is 3. The van der Waals surface area contributed by atoms with E-state index in [0.717, 1.165) is 0 Å². The van der Waals surface area contributed by atoms with Gasteiger partial charge in [0.1, 0.15) is 5.75 Å². The summed E-state index contributed by atoms with van der Waals surface area (Å²) < 4.78 is 16.5. The number of amides is 2. The molecule has 2 amide bonds. The number of likely N-dealkylation sites (N-methyl/N-ethyl adjacent to an activating group) is 1. The van der Waals surface area contributed by atoms with Crippen molar-refractivity contribution in [3.63, 3.8) is 0 Å². The number of nitrogens with one attached hydrogen (secondary N) is 1. The zero-order valence-electron chi connectivity index (χ0n) is 17.8. The van der Waals surface area contributed by atoms with Crippen LogP contribution in [0.4, 0.5) is 0 Å². The van der Waals surface area contributed by atoms with Crippen molar-refractivity contribution in [3.05, 3.63) is 53.6 Å². The molecular formula is C22H27N3O5. The highest BCUT2D eigenvalue weighted by atomic mass is 16.5. The number of methoxy groups -OCH3 is 1. The highest BCUT2D eigenvalue weighted by Crippen LogP contribution is 2.29. The second-order valence-electron chi connectivity index (χ2n) is 6.56. The van der Waals surface area contributed by atoms with Gasteiger partial charge < -0.3 is 19.1 Å². The maximum atomic E-state index is 12.2. The molecule has 0 heterocycles. The van der Waals surface area contributed by atoms with E-state index in [2.05, 4.69) is 10.5 Å². The van der Waals surface area contributed by atoms with E-state index in [0.29, 0.717) is 35.0 Å². The van der Waals surface area contributed by atoms with Crippen molar-refractivity contribution in [2.75, 3.05) is 27.8 Å². The summed E-state index contributed by atoms with van der Waals surface area (Å²) in [4.78, 5) is 25.7. The summed E-state index contributed by atoms with van der Waals surface area (Å²) in [5.41, 5.74) is 3.64. The summed E-state index contributed by atoms with van der Waals surface area (Å²) in [6.07, 6.45) is 0.852. The fourth-order valence-corrected chi connectivity index (χ4v) is 2.55. The van der Waals surface area contributed by atoms with E-state index >= 15 is 0 Å². The minimum Gasteiger partial charge on any atom is -0.497 e. The predicted molar refractivity (Wildman–Crippen MR) is 114 cm³/mol. The molecule has 0 aromatic heterocycles. The van der Waals surface area contributed by atoms with E-state index in [1.807, 2.05) is 6.92 Å². The molecular weight excluding hydrogens is 386 g/mol. The van der Waals surface area contributed by atoms with E-state index in [9.17, 15) is 9.59 Å². The van der Waals surface area contributed by atoms with Crippen LogP contribution in [0.5, 0.6) is 17.2 Å². The smallest absolute Gasteiger partial charge is 0.271 e. The van der Waals surface area contributed by atoms with Gasteiger partial charge in [-0.3, -0.25) is 9.59 Å². The van der Waals surface area contributed by atoms with Gasteiger partial charge in [-0.15, -0.1) is 0 Å². The molecule has 1 atom stereocenters. The quantitative estimate of drug-likeness (QED) is 0.504. The molecule has 0 saturated carbocycles. The normalized spacial score (nSPS) is 11.6. The monoisotopic (exact) mass is 413 g/mol. The van der Waals surface area contributed by atoms with Gasteiger partial charge in [-0.2, -0.15) is 5.10 Å². The summed E-state index contributed by atoms with van der Waals surface area (Å²) in [6.45, 7) is 3.97. The van der Waals surface area contributed by atoms with Crippen LogP contribution in [0.1, 0.15) is 29.8 Å².